The lowest BCUT2D eigenvalue weighted by molar-refractivity contribution is -0.254. The molecule has 0 radical (unpaired) electrons. The fourth-order valence-corrected chi connectivity index (χ4v) is 0.354. The molecule has 0 aromatic rings. The zero-order chi connectivity index (χ0) is 9.56. The maximum Gasteiger partial charge on any atom is 0.378 e. The molecule has 0 aliphatic rings. The molecule has 0 bridgehead atoms. The SMILES string of the molecule is C=CC(=O)OOC(=O)CC(C)=O. The van der Waals surface area contributed by atoms with Gasteiger partial charge in [0.05, 0.1) is 0 Å². The van der Waals surface area contributed by atoms with Gasteiger partial charge < -0.3 is 0 Å². The first-order valence-corrected chi connectivity index (χ1v) is 3.09. The fourth-order valence-electron chi connectivity index (χ4n) is 0.354. The summed E-state index contributed by atoms with van der Waals surface area (Å²) in [7, 11) is 0. The van der Waals surface area contributed by atoms with E-state index in [1.54, 1.807) is 0 Å². The monoisotopic (exact) mass is 172 g/mol. The minimum absolute atomic E-state index is 0.366. The van der Waals surface area contributed by atoms with Crippen molar-refractivity contribution in [1.82, 2.24) is 0 Å². The molecule has 0 saturated carbocycles. The van der Waals surface area contributed by atoms with Crippen LogP contribution < -0.4 is 0 Å². The van der Waals surface area contributed by atoms with Crippen molar-refractivity contribution in [2.24, 2.45) is 0 Å². The van der Waals surface area contributed by atoms with Crippen LogP contribution in [-0.4, -0.2) is 17.7 Å². The zero-order valence-corrected chi connectivity index (χ0v) is 6.53. The molecule has 0 spiro atoms. The van der Waals surface area contributed by atoms with Gasteiger partial charge in [-0.1, -0.05) is 6.58 Å². The normalized spacial score (nSPS) is 8.42. The van der Waals surface area contributed by atoms with Crippen LogP contribution >= 0.6 is 0 Å². The van der Waals surface area contributed by atoms with Gasteiger partial charge in [-0.25, -0.2) is 19.4 Å². The van der Waals surface area contributed by atoms with Gasteiger partial charge in [0, 0.05) is 6.08 Å². The average Bonchev–Trinajstić information content (AvgIpc) is 1.99. The number of ketones is 1. The van der Waals surface area contributed by atoms with Crippen molar-refractivity contribution in [3.63, 3.8) is 0 Å². The summed E-state index contributed by atoms with van der Waals surface area (Å²) < 4.78 is 0. The summed E-state index contributed by atoms with van der Waals surface area (Å²) in [6.45, 7) is 4.29. The molecule has 66 valence electrons. The van der Waals surface area contributed by atoms with Crippen LogP contribution in [0.4, 0.5) is 0 Å². The molecular weight excluding hydrogens is 164 g/mol. The van der Waals surface area contributed by atoms with E-state index in [-0.39, 0.29) is 5.78 Å². The lowest BCUT2D eigenvalue weighted by Gasteiger charge is -1.97. The first-order valence-electron chi connectivity index (χ1n) is 3.09. The highest BCUT2D eigenvalue weighted by molar-refractivity contribution is 5.94. The third kappa shape index (κ3) is 5.16. The van der Waals surface area contributed by atoms with Crippen LogP contribution in [0, 0.1) is 0 Å². The Morgan fingerprint density at radius 3 is 2.33 bits per heavy atom. The minimum atomic E-state index is -0.905. The Bertz CT molecular complexity index is 218. The zero-order valence-electron chi connectivity index (χ0n) is 6.53. The summed E-state index contributed by atoms with van der Waals surface area (Å²) in [4.78, 5) is 38.9. The van der Waals surface area contributed by atoms with Crippen LogP contribution in [0.2, 0.25) is 0 Å². The molecule has 0 aliphatic carbocycles. The maximum absolute atomic E-state index is 10.5. The van der Waals surface area contributed by atoms with E-state index >= 15 is 0 Å². The van der Waals surface area contributed by atoms with E-state index < -0.39 is 18.4 Å². The van der Waals surface area contributed by atoms with E-state index in [0.29, 0.717) is 0 Å². The Hall–Kier alpha value is -1.65. The molecule has 0 rings (SSSR count). The second-order valence-electron chi connectivity index (χ2n) is 1.94. The highest BCUT2D eigenvalue weighted by Gasteiger charge is 2.09. The van der Waals surface area contributed by atoms with Gasteiger partial charge >= 0.3 is 11.9 Å². The average molecular weight is 172 g/mol. The van der Waals surface area contributed by atoms with Crippen molar-refractivity contribution in [2.45, 2.75) is 13.3 Å². The summed E-state index contributed by atoms with van der Waals surface area (Å²) in [5.41, 5.74) is 0. The van der Waals surface area contributed by atoms with Gasteiger partial charge in [0.2, 0.25) is 0 Å². The summed E-state index contributed by atoms with van der Waals surface area (Å²) in [6, 6.07) is 0. The molecule has 12 heavy (non-hydrogen) atoms. The summed E-state index contributed by atoms with van der Waals surface area (Å²) >= 11 is 0. The van der Waals surface area contributed by atoms with Crippen LogP contribution in [0.15, 0.2) is 12.7 Å². The molecule has 0 aromatic heterocycles. The Morgan fingerprint density at radius 2 is 1.92 bits per heavy atom. The third-order valence-corrected chi connectivity index (χ3v) is 0.777. The third-order valence-electron chi connectivity index (χ3n) is 0.777. The quantitative estimate of drug-likeness (QED) is 0.262. The molecular formula is C7H8O5. The van der Waals surface area contributed by atoms with Crippen molar-refractivity contribution in [1.29, 1.82) is 0 Å². The molecule has 0 saturated heterocycles. The topological polar surface area (TPSA) is 69.7 Å². The van der Waals surface area contributed by atoms with Crippen molar-refractivity contribution in [3.05, 3.63) is 12.7 Å². The van der Waals surface area contributed by atoms with Gasteiger partial charge in [-0.2, -0.15) is 0 Å². The molecule has 0 aromatic carbocycles. The molecule has 0 amide bonds. The fraction of sp³-hybridized carbons (Fsp3) is 0.286. The second-order valence-corrected chi connectivity index (χ2v) is 1.94. The Kier molecular flexibility index (Phi) is 4.36. The lowest BCUT2D eigenvalue weighted by Crippen LogP contribution is -2.11. The van der Waals surface area contributed by atoms with E-state index in [1.807, 2.05) is 0 Å². The molecule has 0 atom stereocenters. The number of carbonyl (C=O) groups excluding carboxylic acids is 3. The Morgan fingerprint density at radius 1 is 1.33 bits per heavy atom. The molecule has 0 heterocycles. The molecule has 5 nitrogen and oxygen atoms in total. The van der Waals surface area contributed by atoms with Gasteiger partial charge in [0.15, 0.2) is 0 Å². The van der Waals surface area contributed by atoms with Crippen LogP contribution in [0.3, 0.4) is 0 Å². The number of hydrogen-bond donors (Lipinski definition) is 0. The van der Waals surface area contributed by atoms with Crippen LogP contribution in [0.25, 0.3) is 0 Å². The van der Waals surface area contributed by atoms with E-state index in [0.717, 1.165) is 6.08 Å². The van der Waals surface area contributed by atoms with Gasteiger partial charge in [0.25, 0.3) is 0 Å². The van der Waals surface area contributed by atoms with Crippen LogP contribution in [-0.2, 0) is 24.2 Å². The largest absolute Gasteiger partial charge is 0.378 e. The van der Waals surface area contributed by atoms with E-state index in [9.17, 15) is 14.4 Å². The second kappa shape index (κ2) is 5.06. The van der Waals surface area contributed by atoms with Gasteiger partial charge in [-0.05, 0) is 6.92 Å². The van der Waals surface area contributed by atoms with Crippen LogP contribution in [0.5, 0.6) is 0 Å². The predicted octanol–water partition coefficient (Wildman–Crippen LogP) is 0.153. The van der Waals surface area contributed by atoms with Crippen molar-refractivity contribution in [2.75, 3.05) is 0 Å². The van der Waals surface area contributed by atoms with Gasteiger partial charge in [-0.3, -0.25) is 4.79 Å². The molecule has 5 heteroatoms. The lowest BCUT2D eigenvalue weighted by atomic mass is 10.3. The number of hydrogen-bond acceptors (Lipinski definition) is 5. The molecule has 0 unspecified atom stereocenters. The molecule has 0 aliphatic heterocycles. The van der Waals surface area contributed by atoms with Crippen LogP contribution in [0.1, 0.15) is 13.3 Å². The summed E-state index contributed by atoms with van der Waals surface area (Å²) in [5.74, 6) is -2.15. The molecule has 0 N–H and O–H groups in total. The first kappa shape index (κ1) is 10.3. The van der Waals surface area contributed by atoms with Crippen molar-refractivity contribution >= 4 is 17.7 Å². The highest BCUT2D eigenvalue weighted by Crippen LogP contribution is 1.89. The molecule has 0 fully saturated rings. The first-order chi connectivity index (χ1) is 5.56. The predicted molar refractivity (Wildman–Crippen MR) is 37.7 cm³/mol. The Labute approximate surface area is 68.9 Å². The number of carbonyl (C=O) groups is 3. The summed E-state index contributed by atoms with van der Waals surface area (Å²) in [5, 5.41) is 0. The van der Waals surface area contributed by atoms with Crippen molar-refractivity contribution < 1.29 is 24.2 Å². The van der Waals surface area contributed by atoms with Gasteiger partial charge in [0.1, 0.15) is 12.2 Å². The number of Topliss-reactive ketones (excluding diaryl/α,β-unsaturated/α-hetero) is 1. The maximum atomic E-state index is 10.5. The van der Waals surface area contributed by atoms with E-state index in [1.165, 1.54) is 6.92 Å². The van der Waals surface area contributed by atoms with E-state index in [2.05, 4.69) is 16.4 Å². The standard InChI is InChI=1S/C7H8O5/c1-3-6(9)11-12-7(10)4-5(2)8/h3H,1,4H2,2H3. The van der Waals surface area contributed by atoms with E-state index in [4.69, 9.17) is 0 Å². The highest BCUT2D eigenvalue weighted by atomic mass is 17.2. The van der Waals surface area contributed by atoms with Gasteiger partial charge in [-0.15, -0.1) is 0 Å². The summed E-state index contributed by atoms with van der Waals surface area (Å²) in [6.07, 6.45) is 0.422. The smallest absolute Gasteiger partial charge is 0.299 e. The minimum Gasteiger partial charge on any atom is -0.299 e. The Balaban J connectivity index is 3.64. The number of rotatable bonds is 3. The van der Waals surface area contributed by atoms with Crippen molar-refractivity contribution in [3.8, 4) is 0 Å².